The molecule has 1 amide bonds. The Balaban J connectivity index is 2.05. The summed E-state index contributed by atoms with van der Waals surface area (Å²) >= 11 is 0. The number of carbonyl (C=O) groups is 3. The Morgan fingerprint density at radius 2 is 2.08 bits per heavy atom. The Morgan fingerprint density at radius 3 is 2.73 bits per heavy atom. The maximum Gasteiger partial charge on any atom is 0.408 e. The molecule has 0 saturated carbocycles. The van der Waals surface area contributed by atoms with Gasteiger partial charge in [0.05, 0.1) is 6.61 Å². The smallest absolute Gasteiger partial charge is 0.408 e. The van der Waals surface area contributed by atoms with Crippen LogP contribution in [0.2, 0.25) is 0 Å². The summed E-state index contributed by atoms with van der Waals surface area (Å²) in [5.41, 5.74) is 1.97. The molecule has 8 nitrogen and oxygen atoms in total. The summed E-state index contributed by atoms with van der Waals surface area (Å²) in [6.07, 6.45) is 0.145. The Morgan fingerprint density at radius 1 is 1.35 bits per heavy atom. The molecule has 1 aliphatic rings. The van der Waals surface area contributed by atoms with Gasteiger partial charge >= 0.3 is 18.0 Å². The van der Waals surface area contributed by atoms with Gasteiger partial charge in [0.25, 0.3) is 0 Å². The van der Waals surface area contributed by atoms with Gasteiger partial charge in [-0.1, -0.05) is 12.1 Å². The zero-order valence-electron chi connectivity index (χ0n) is 15.1. The number of rotatable bonds is 7. The fourth-order valence-corrected chi connectivity index (χ4v) is 2.93. The number of nitrogens with one attached hydrogen (secondary N) is 2. The predicted molar refractivity (Wildman–Crippen MR) is 94.1 cm³/mol. The molecule has 1 heterocycles. The average Bonchev–Trinajstić information content (AvgIpc) is 2.98. The minimum Gasteiger partial charge on any atom is -0.480 e. The standard InChI is InChI=1S/C18H24N2O6/c1-4-25-16(23)14-8-12-11(6-5-7-13(12)20-14)9-18(2,3)26-17(24)19-10-15(21)22/h5-7,14,20H,4,8-10H2,1-3H3,(H,19,24)(H,21,22)/t14-/m0/s1. The molecule has 0 aliphatic carbocycles. The Bertz CT molecular complexity index is 701. The number of carboxylic acids is 1. The molecule has 142 valence electrons. The molecule has 8 heteroatoms. The van der Waals surface area contributed by atoms with Crippen molar-refractivity contribution in [3.63, 3.8) is 0 Å². The lowest BCUT2D eigenvalue weighted by Gasteiger charge is -2.26. The highest BCUT2D eigenvalue weighted by Crippen LogP contribution is 2.32. The number of ether oxygens (including phenoxy) is 2. The lowest BCUT2D eigenvalue weighted by atomic mass is 9.92. The molecule has 0 spiro atoms. The lowest BCUT2D eigenvalue weighted by molar-refractivity contribution is -0.143. The van der Waals surface area contributed by atoms with E-state index in [4.69, 9.17) is 14.6 Å². The molecule has 1 aromatic carbocycles. The first kappa shape index (κ1) is 19.6. The highest BCUT2D eigenvalue weighted by Gasteiger charge is 2.32. The molecule has 3 N–H and O–H groups in total. The number of benzene rings is 1. The van der Waals surface area contributed by atoms with Crippen LogP contribution in [-0.2, 0) is 31.9 Å². The van der Waals surface area contributed by atoms with Crippen molar-refractivity contribution in [2.75, 3.05) is 18.5 Å². The van der Waals surface area contributed by atoms with Crippen LogP contribution in [0.1, 0.15) is 31.9 Å². The third-order valence-electron chi connectivity index (χ3n) is 3.95. The number of fused-ring (bicyclic) bond motifs is 1. The highest BCUT2D eigenvalue weighted by molar-refractivity contribution is 5.83. The van der Waals surface area contributed by atoms with E-state index < -0.39 is 30.3 Å². The van der Waals surface area contributed by atoms with Crippen molar-refractivity contribution < 1.29 is 29.0 Å². The predicted octanol–water partition coefficient (Wildman–Crippen LogP) is 1.72. The summed E-state index contributed by atoms with van der Waals surface area (Å²) in [4.78, 5) is 34.2. The molecule has 0 saturated heterocycles. The second-order valence-corrected chi connectivity index (χ2v) is 6.67. The summed E-state index contributed by atoms with van der Waals surface area (Å²) in [6.45, 7) is 5.09. The number of aliphatic carboxylic acids is 1. The summed E-state index contributed by atoms with van der Waals surface area (Å²) in [6, 6.07) is 5.27. The van der Waals surface area contributed by atoms with E-state index in [2.05, 4.69) is 10.6 Å². The summed E-state index contributed by atoms with van der Waals surface area (Å²) in [5.74, 6) is -1.44. The number of hydrogen-bond donors (Lipinski definition) is 3. The monoisotopic (exact) mass is 364 g/mol. The van der Waals surface area contributed by atoms with Gasteiger partial charge in [0.2, 0.25) is 0 Å². The number of anilines is 1. The van der Waals surface area contributed by atoms with E-state index in [9.17, 15) is 14.4 Å². The summed E-state index contributed by atoms with van der Waals surface area (Å²) in [5, 5.41) is 13.9. The van der Waals surface area contributed by atoms with E-state index in [0.717, 1.165) is 16.8 Å². The molecule has 0 radical (unpaired) electrons. The van der Waals surface area contributed by atoms with Crippen LogP contribution in [0.25, 0.3) is 0 Å². The normalized spacial score (nSPS) is 15.6. The largest absolute Gasteiger partial charge is 0.480 e. The quantitative estimate of drug-likeness (QED) is 0.631. The summed E-state index contributed by atoms with van der Waals surface area (Å²) < 4.78 is 10.4. The molecule has 1 atom stereocenters. The zero-order valence-corrected chi connectivity index (χ0v) is 15.1. The second kappa shape index (κ2) is 8.07. The number of carboxylic acid groups (broad SMARTS) is 1. The number of carbonyl (C=O) groups excluding carboxylic acids is 2. The van der Waals surface area contributed by atoms with Crippen LogP contribution in [0.5, 0.6) is 0 Å². The number of alkyl carbamates (subject to hydrolysis) is 1. The molecular weight excluding hydrogens is 340 g/mol. The van der Waals surface area contributed by atoms with Crippen molar-refractivity contribution in [2.45, 2.75) is 45.3 Å². The van der Waals surface area contributed by atoms with Gasteiger partial charge in [0.15, 0.2) is 0 Å². The minimum absolute atomic E-state index is 0.293. The molecule has 1 aromatic rings. The fourth-order valence-electron chi connectivity index (χ4n) is 2.93. The SMILES string of the molecule is CCOC(=O)[C@@H]1Cc2c(CC(C)(C)OC(=O)NCC(=O)O)cccc2N1. The maximum absolute atomic E-state index is 12.0. The van der Waals surface area contributed by atoms with Gasteiger partial charge in [-0.15, -0.1) is 0 Å². The van der Waals surface area contributed by atoms with E-state index in [1.807, 2.05) is 18.2 Å². The van der Waals surface area contributed by atoms with Gasteiger partial charge in [-0.3, -0.25) is 4.79 Å². The van der Waals surface area contributed by atoms with E-state index in [1.54, 1.807) is 20.8 Å². The topological polar surface area (TPSA) is 114 Å². The first-order chi connectivity index (χ1) is 12.2. The van der Waals surface area contributed by atoms with Crippen molar-refractivity contribution in [3.05, 3.63) is 29.3 Å². The van der Waals surface area contributed by atoms with Crippen molar-refractivity contribution >= 4 is 23.7 Å². The molecule has 26 heavy (non-hydrogen) atoms. The summed E-state index contributed by atoms with van der Waals surface area (Å²) in [7, 11) is 0. The Labute approximate surface area is 151 Å². The number of hydrogen-bond acceptors (Lipinski definition) is 6. The van der Waals surface area contributed by atoms with Crippen LogP contribution in [0, 0.1) is 0 Å². The zero-order chi connectivity index (χ0) is 19.3. The van der Waals surface area contributed by atoms with Gasteiger partial charge in [-0.05, 0) is 38.0 Å². The number of amides is 1. The third kappa shape index (κ3) is 5.11. The van der Waals surface area contributed by atoms with Crippen LogP contribution in [-0.4, -0.2) is 47.9 Å². The van der Waals surface area contributed by atoms with Crippen molar-refractivity contribution in [2.24, 2.45) is 0 Å². The molecular formula is C18H24N2O6. The van der Waals surface area contributed by atoms with Gasteiger partial charge in [0, 0.05) is 18.5 Å². The highest BCUT2D eigenvalue weighted by atomic mass is 16.6. The van der Waals surface area contributed by atoms with E-state index in [-0.39, 0.29) is 5.97 Å². The molecule has 0 unspecified atom stereocenters. The first-order valence-electron chi connectivity index (χ1n) is 8.44. The average molecular weight is 364 g/mol. The van der Waals surface area contributed by atoms with Crippen molar-refractivity contribution in [1.29, 1.82) is 0 Å². The van der Waals surface area contributed by atoms with Crippen LogP contribution in [0.3, 0.4) is 0 Å². The van der Waals surface area contributed by atoms with E-state index in [0.29, 0.717) is 19.4 Å². The second-order valence-electron chi connectivity index (χ2n) is 6.67. The molecule has 0 fully saturated rings. The Hall–Kier alpha value is -2.77. The van der Waals surface area contributed by atoms with Crippen LogP contribution < -0.4 is 10.6 Å². The van der Waals surface area contributed by atoms with E-state index in [1.165, 1.54) is 0 Å². The molecule has 0 aromatic heterocycles. The van der Waals surface area contributed by atoms with Gasteiger partial charge in [-0.25, -0.2) is 9.59 Å². The molecule has 2 rings (SSSR count). The van der Waals surface area contributed by atoms with Crippen molar-refractivity contribution in [1.82, 2.24) is 5.32 Å². The van der Waals surface area contributed by atoms with Crippen LogP contribution in [0.4, 0.5) is 10.5 Å². The van der Waals surface area contributed by atoms with Gasteiger partial charge < -0.3 is 25.2 Å². The van der Waals surface area contributed by atoms with E-state index >= 15 is 0 Å². The molecule has 1 aliphatic heterocycles. The maximum atomic E-state index is 12.0. The fraction of sp³-hybridized carbons (Fsp3) is 0.500. The Kier molecular flexibility index (Phi) is 6.07. The number of esters is 1. The van der Waals surface area contributed by atoms with Gasteiger partial charge in [0.1, 0.15) is 18.2 Å². The third-order valence-corrected chi connectivity index (χ3v) is 3.95. The van der Waals surface area contributed by atoms with Crippen molar-refractivity contribution in [3.8, 4) is 0 Å². The van der Waals surface area contributed by atoms with Crippen LogP contribution >= 0.6 is 0 Å². The minimum atomic E-state index is -1.14. The van der Waals surface area contributed by atoms with Gasteiger partial charge in [-0.2, -0.15) is 0 Å². The first-order valence-corrected chi connectivity index (χ1v) is 8.44. The lowest BCUT2D eigenvalue weighted by Crippen LogP contribution is -2.38. The van der Waals surface area contributed by atoms with Crippen LogP contribution in [0.15, 0.2) is 18.2 Å². The molecule has 0 bridgehead atoms.